The molecule has 76 valence electrons. The first-order valence-electron chi connectivity index (χ1n) is 4.69. The topological polar surface area (TPSA) is 87.9 Å². The number of aromatic nitrogens is 3. The van der Waals surface area contributed by atoms with Crippen molar-refractivity contribution in [2.45, 2.75) is 18.9 Å². The maximum absolute atomic E-state index is 11.8. The molecule has 1 saturated carbocycles. The summed E-state index contributed by atoms with van der Waals surface area (Å²) in [6.07, 6.45) is 3.58. The molecule has 1 aliphatic rings. The van der Waals surface area contributed by atoms with Gasteiger partial charge >= 0.3 is 0 Å². The summed E-state index contributed by atoms with van der Waals surface area (Å²) < 4.78 is 0. The molecule has 0 spiro atoms. The second kappa shape index (κ2) is 3.75. The van der Waals surface area contributed by atoms with Gasteiger partial charge in [-0.1, -0.05) is 0 Å². The van der Waals surface area contributed by atoms with Crippen LogP contribution >= 0.6 is 0 Å². The highest BCUT2D eigenvalue weighted by atomic mass is 16.2. The van der Waals surface area contributed by atoms with Crippen LogP contribution in [0, 0.1) is 0 Å². The van der Waals surface area contributed by atoms with Gasteiger partial charge < -0.3 is 10.6 Å². The fraction of sp³-hybridized carbons (Fsp3) is 0.625. The highest BCUT2D eigenvalue weighted by molar-refractivity contribution is 5.92. The number of nitrogens with two attached hydrogens (primary N) is 1. The van der Waals surface area contributed by atoms with Crippen molar-refractivity contribution in [2.24, 2.45) is 5.73 Å². The molecule has 6 nitrogen and oxygen atoms in total. The minimum atomic E-state index is -0.0771. The smallest absolute Gasteiger partial charge is 0.276 e. The zero-order valence-corrected chi connectivity index (χ0v) is 7.81. The van der Waals surface area contributed by atoms with Gasteiger partial charge in [0.1, 0.15) is 0 Å². The Morgan fingerprint density at radius 2 is 2.50 bits per heavy atom. The van der Waals surface area contributed by atoms with Gasteiger partial charge in [0.15, 0.2) is 5.69 Å². The quantitative estimate of drug-likeness (QED) is 0.669. The summed E-state index contributed by atoms with van der Waals surface area (Å²) in [5, 5.41) is 9.80. The van der Waals surface area contributed by atoms with Gasteiger partial charge in [-0.25, -0.2) is 0 Å². The standard InChI is InChI=1S/C8H13N5O/c9-3-4-13(6-1-2-6)8(14)7-5-10-12-11-7/h5-6H,1-4,9H2,(H,10,11,12). The molecule has 1 amide bonds. The summed E-state index contributed by atoms with van der Waals surface area (Å²) in [6, 6.07) is 0.364. The van der Waals surface area contributed by atoms with Crippen molar-refractivity contribution in [1.29, 1.82) is 0 Å². The Kier molecular flexibility index (Phi) is 2.45. The molecule has 1 heterocycles. The highest BCUT2D eigenvalue weighted by Gasteiger charge is 2.33. The van der Waals surface area contributed by atoms with Crippen LogP contribution in [0.15, 0.2) is 6.20 Å². The van der Waals surface area contributed by atoms with Crippen LogP contribution < -0.4 is 5.73 Å². The Balaban J connectivity index is 2.07. The first-order valence-corrected chi connectivity index (χ1v) is 4.69. The predicted molar refractivity (Wildman–Crippen MR) is 49.5 cm³/mol. The maximum Gasteiger partial charge on any atom is 0.276 e. The van der Waals surface area contributed by atoms with Crippen molar-refractivity contribution in [3.05, 3.63) is 11.9 Å². The van der Waals surface area contributed by atoms with Crippen LogP contribution in [0.3, 0.4) is 0 Å². The third kappa shape index (κ3) is 1.74. The Labute approximate surface area is 81.5 Å². The molecule has 0 unspecified atom stereocenters. The first kappa shape index (κ1) is 9.14. The van der Waals surface area contributed by atoms with Crippen LogP contribution in [0.5, 0.6) is 0 Å². The molecule has 14 heavy (non-hydrogen) atoms. The zero-order chi connectivity index (χ0) is 9.97. The van der Waals surface area contributed by atoms with Gasteiger partial charge in [-0.3, -0.25) is 4.79 Å². The van der Waals surface area contributed by atoms with Gasteiger partial charge in [-0.05, 0) is 12.8 Å². The lowest BCUT2D eigenvalue weighted by atomic mass is 10.3. The second-order valence-corrected chi connectivity index (χ2v) is 3.37. The van der Waals surface area contributed by atoms with E-state index in [9.17, 15) is 4.79 Å². The number of nitrogens with zero attached hydrogens (tertiary/aromatic N) is 3. The Morgan fingerprint density at radius 1 is 1.71 bits per heavy atom. The molecule has 2 rings (SSSR count). The van der Waals surface area contributed by atoms with Crippen LogP contribution in [-0.2, 0) is 0 Å². The lowest BCUT2D eigenvalue weighted by Gasteiger charge is -2.19. The molecule has 0 atom stereocenters. The molecule has 1 aromatic heterocycles. The Bertz CT molecular complexity index is 306. The minimum Gasteiger partial charge on any atom is -0.333 e. The average molecular weight is 195 g/mol. The van der Waals surface area contributed by atoms with Crippen LogP contribution in [0.4, 0.5) is 0 Å². The van der Waals surface area contributed by atoms with E-state index in [0.717, 1.165) is 12.8 Å². The van der Waals surface area contributed by atoms with E-state index in [1.165, 1.54) is 6.20 Å². The fourth-order valence-corrected chi connectivity index (χ4v) is 1.43. The summed E-state index contributed by atoms with van der Waals surface area (Å²) in [6.45, 7) is 1.08. The van der Waals surface area contributed by atoms with Crippen molar-refractivity contribution in [1.82, 2.24) is 20.3 Å². The number of carbonyl (C=O) groups is 1. The molecule has 1 fully saturated rings. The fourth-order valence-electron chi connectivity index (χ4n) is 1.43. The minimum absolute atomic E-state index is 0.0771. The van der Waals surface area contributed by atoms with Gasteiger partial charge in [0.25, 0.3) is 5.91 Å². The molecule has 0 radical (unpaired) electrons. The number of amides is 1. The molecule has 1 aliphatic carbocycles. The Morgan fingerprint density at radius 3 is 3.00 bits per heavy atom. The lowest BCUT2D eigenvalue weighted by Crippen LogP contribution is -2.37. The van der Waals surface area contributed by atoms with E-state index in [1.807, 2.05) is 0 Å². The SMILES string of the molecule is NCCN(C(=O)c1cn[nH]n1)C1CC1. The predicted octanol–water partition coefficient (Wildman–Crippen LogP) is -0.632. The molecule has 3 N–H and O–H groups in total. The lowest BCUT2D eigenvalue weighted by molar-refractivity contribution is 0.0742. The van der Waals surface area contributed by atoms with Gasteiger partial charge in [-0.2, -0.15) is 15.4 Å². The van der Waals surface area contributed by atoms with Gasteiger partial charge in [-0.15, -0.1) is 0 Å². The average Bonchev–Trinajstić information content (AvgIpc) is 2.88. The van der Waals surface area contributed by atoms with Crippen molar-refractivity contribution in [3.8, 4) is 0 Å². The van der Waals surface area contributed by atoms with Gasteiger partial charge in [0.2, 0.25) is 0 Å². The summed E-state index contributed by atoms with van der Waals surface area (Å²) in [4.78, 5) is 13.6. The molecule has 0 aliphatic heterocycles. The first-order chi connectivity index (χ1) is 6.83. The molecule has 1 aromatic rings. The monoisotopic (exact) mass is 195 g/mol. The van der Waals surface area contributed by atoms with E-state index < -0.39 is 0 Å². The number of carbonyl (C=O) groups excluding carboxylic acids is 1. The molecule has 0 bridgehead atoms. The number of hydrogen-bond donors (Lipinski definition) is 2. The number of rotatable bonds is 4. The molecular formula is C8H13N5O. The van der Waals surface area contributed by atoms with E-state index in [0.29, 0.717) is 24.8 Å². The molecule has 0 saturated heterocycles. The van der Waals surface area contributed by atoms with Crippen molar-refractivity contribution in [3.63, 3.8) is 0 Å². The molecule has 0 aromatic carbocycles. The zero-order valence-electron chi connectivity index (χ0n) is 7.81. The van der Waals surface area contributed by atoms with Crippen LogP contribution in [-0.4, -0.2) is 45.3 Å². The van der Waals surface area contributed by atoms with Crippen LogP contribution in [0.1, 0.15) is 23.3 Å². The number of H-pyrrole nitrogens is 1. The van der Waals surface area contributed by atoms with Crippen molar-refractivity contribution in [2.75, 3.05) is 13.1 Å². The van der Waals surface area contributed by atoms with Crippen molar-refractivity contribution >= 4 is 5.91 Å². The van der Waals surface area contributed by atoms with E-state index >= 15 is 0 Å². The van der Waals surface area contributed by atoms with Crippen LogP contribution in [0.25, 0.3) is 0 Å². The highest BCUT2D eigenvalue weighted by Crippen LogP contribution is 2.27. The second-order valence-electron chi connectivity index (χ2n) is 3.37. The molecular weight excluding hydrogens is 182 g/mol. The number of hydrogen-bond acceptors (Lipinski definition) is 4. The third-order valence-electron chi connectivity index (χ3n) is 2.25. The number of nitrogens with one attached hydrogen (secondary N) is 1. The normalized spacial score (nSPS) is 15.5. The van der Waals surface area contributed by atoms with Crippen molar-refractivity contribution < 1.29 is 4.79 Å². The number of aromatic amines is 1. The van der Waals surface area contributed by atoms with E-state index in [1.54, 1.807) is 4.90 Å². The largest absolute Gasteiger partial charge is 0.333 e. The maximum atomic E-state index is 11.8. The summed E-state index contributed by atoms with van der Waals surface area (Å²) >= 11 is 0. The summed E-state index contributed by atoms with van der Waals surface area (Å²) in [5.41, 5.74) is 5.81. The van der Waals surface area contributed by atoms with Crippen LogP contribution in [0.2, 0.25) is 0 Å². The summed E-state index contributed by atoms with van der Waals surface area (Å²) in [7, 11) is 0. The van der Waals surface area contributed by atoms with E-state index in [4.69, 9.17) is 5.73 Å². The third-order valence-corrected chi connectivity index (χ3v) is 2.25. The van der Waals surface area contributed by atoms with Gasteiger partial charge in [0.05, 0.1) is 6.20 Å². The molecule has 6 heteroatoms. The Hall–Kier alpha value is -1.43. The summed E-state index contributed by atoms with van der Waals surface area (Å²) in [5.74, 6) is -0.0771. The van der Waals surface area contributed by atoms with E-state index in [2.05, 4.69) is 15.4 Å². The van der Waals surface area contributed by atoms with E-state index in [-0.39, 0.29) is 5.91 Å². The van der Waals surface area contributed by atoms with Gasteiger partial charge in [0, 0.05) is 19.1 Å².